The number of benzene rings is 2. The number of ether oxygens (including phenoxy) is 2. The molecule has 2 amide bonds. The second-order valence-corrected chi connectivity index (χ2v) is 10.7. The Morgan fingerprint density at radius 3 is 2.63 bits per heavy atom. The van der Waals surface area contributed by atoms with E-state index in [1.807, 2.05) is 49.4 Å². The molecule has 2 bridgehead atoms. The van der Waals surface area contributed by atoms with Crippen molar-refractivity contribution in [1.29, 1.82) is 0 Å². The van der Waals surface area contributed by atoms with Crippen LogP contribution < -0.4 is 15.5 Å². The van der Waals surface area contributed by atoms with Gasteiger partial charge in [-0.25, -0.2) is 8.78 Å². The first-order valence-corrected chi connectivity index (χ1v) is 13.5. The van der Waals surface area contributed by atoms with E-state index < -0.39 is 34.6 Å². The number of nitrogens with one attached hydrogen (secondary N) is 1. The van der Waals surface area contributed by atoms with Crippen molar-refractivity contribution in [2.75, 3.05) is 13.7 Å². The van der Waals surface area contributed by atoms with Crippen molar-refractivity contribution in [3.8, 4) is 5.75 Å². The number of methoxy groups -OCH3 is 1. The summed E-state index contributed by atoms with van der Waals surface area (Å²) < 4.78 is 41.5. The SMILES string of the molecule is CO[C@H]1C=C[C@H](C)N2C[C@]13CCc1c(C(=O)NCc4ccc(F)cc4F)c(=O)c(OCc4ccccc4)c(n13)C2=O. The van der Waals surface area contributed by atoms with Crippen LogP contribution in [-0.4, -0.2) is 47.1 Å². The van der Waals surface area contributed by atoms with Crippen molar-refractivity contribution >= 4 is 11.8 Å². The Kier molecular flexibility index (Phi) is 6.73. The van der Waals surface area contributed by atoms with E-state index in [0.29, 0.717) is 25.1 Å². The van der Waals surface area contributed by atoms with Crippen LogP contribution in [0.3, 0.4) is 0 Å². The molecule has 0 saturated heterocycles. The van der Waals surface area contributed by atoms with Gasteiger partial charge in [-0.2, -0.15) is 0 Å². The van der Waals surface area contributed by atoms with Gasteiger partial charge in [0.15, 0.2) is 11.4 Å². The van der Waals surface area contributed by atoms with E-state index in [0.717, 1.165) is 17.7 Å². The fourth-order valence-electron chi connectivity index (χ4n) is 6.28. The molecule has 3 aromatic rings. The van der Waals surface area contributed by atoms with E-state index in [4.69, 9.17) is 9.47 Å². The quantitative estimate of drug-likeness (QED) is 0.445. The molecule has 0 unspecified atom stereocenters. The van der Waals surface area contributed by atoms with Crippen LogP contribution in [0.15, 0.2) is 65.5 Å². The van der Waals surface area contributed by atoms with Crippen LogP contribution in [0.4, 0.5) is 8.78 Å². The van der Waals surface area contributed by atoms with E-state index >= 15 is 0 Å². The summed E-state index contributed by atoms with van der Waals surface area (Å²) in [6, 6.07) is 12.0. The number of fused-ring (bicyclic) bond motifs is 1. The zero-order valence-corrected chi connectivity index (χ0v) is 22.7. The molecule has 8 nitrogen and oxygen atoms in total. The van der Waals surface area contributed by atoms with Crippen LogP contribution in [0.2, 0.25) is 0 Å². The van der Waals surface area contributed by atoms with Gasteiger partial charge in [-0.05, 0) is 31.4 Å². The van der Waals surface area contributed by atoms with Gasteiger partial charge in [0.25, 0.3) is 11.8 Å². The maximum Gasteiger partial charge on any atom is 0.275 e. The van der Waals surface area contributed by atoms with Crippen molar-refractivity contribution in [2.45, 2.75) is 50.6 Å². The Labute approximate surface area is 235 Å². The monoisotopic (exact) mass is 561 g/mol. The topological polar surface area (TPSA) is 89.9 Å². The number of nitrogens with zero attached hydrogens (tertiary/aromatic N) is 2. The molecule has 4 heterocycles. The standard InChI is InChI=1S/C31H29F2N3O5/c1-18-8-11-24(40-2)31-13-12-23-25(29(38)34-15-20-9-10-21(32)14-22(20)33)27(37)28(41-16-19-6-4-3-5-7-19)26(36(23)31)30(39)35(18)17-31/h3-11,14,18,24H,12-13,15-17H2,1-2H3,(H,34,38)/t18-,24-,31+/m0/s1. The summed E-state index contributed by atoms with van der Waals surface area (Å²) in [5, 5.41) is 2.62. The average Bonchev–Trinajstić information content (AvgIpc) is 3.28. The number of rotatable bonds is 7. The zero-order valence-electron chi connectivity index (χ0n) is 22.7. The van der Waals surface area contributed by atoms with Gasteiger partial charge < -0.3 is 24.3 Å². The van der Waals surface area contributed by atoms with Crippen LogP contribution in [0.1, 0.15) is 51.0 Å². The Bertz CT molecular complexity index is 1640. The summed E-state index contributed by atoms with van der Waals surface area (Å²) >= 11 is 0. The molecule has 1 spiro atoms. The number of aromatic nitrogens is 1. The lowest BCUT2D eigenvalue weighted by Crippen LogP contribution is -2.59. The minimum absolute atomic E-state index is 0.00602. The molecule has 41 heavy (non-hydrogen) atoms. The van der Waals surface area contributed by atoms with Crippen LogP contribution in [-0.2, 0) is 29.8 Å². The van der Waals surface area contributed by atoms with Gasteiger partial charge in [0.05, 0.1) is 5.54 Å². The summed E-state index contributed by atoms with van der Waals surface area (Å²) in [6.07, 6.45) is 4.28. The Morgan fingerprint density at radius 2 is 1.90 bits per heavy atom. The van der Waals surface area contributed by atoms with Crippen LogP contribution in [0.25, 0.3) is 0 Å². The highest BCUT2D eigenvalue weighted by Gasteiger charge is 2.55. The molecule has 1 aromatic heterocycles. The van der Waals surface area contributed by atoms with Gasteiger partial charge in [0.2, 0.25) is 5.43 Å². The molecule has 6 rings (SSSR count). The summed E-state index contributed by atoms with van der Waals surface area (Å²) in [7, 11) is 1.60. The average molecular weight is 562 g/mol. The molecule has 2 aromatic carbocycles. The second-order valence-electron chi connectivity index (χ2n) is 10.7. The first-order valence-electron chi connectivity index (χ1n) is 13.5. The number of amides is 2. The normalized spacial score (nSPS) is 22.3. The van der Waals surface area contributed by atoms with Gasteiger partial charge >= 0.3 is 0 Å². The number of carbonyl (C=O) groups is 2. The van der Waals surface area contributed by atoms with Gasteiger partial charge in [-0.1, -0.05) is 48.6 Å². The number of halogens is 2. The molecule has 3 atom stereocenters. The molecular weight excluding hydrogens is 532 g/mol. The minimum atomic E-state index is -0.809. The summed E-state index contributed by atoms with van der Waals surface area (Å²) in [4.78, 5) is 43.4. The smallest absolute Gasteiger partial charge is 0.275 e. The van der Waals surface area contributed by atoms with E-state index in [-0.39, 0.29) is 47.7 Å². The fourth-order valence-corrected chi connectivity index (χ4v) is 6.28. The molecule has 0 aliphatic carbocycles. The summed E-state index contributed by atoms with van der Waals surface area (Å²) in [6.45, 7) is 1.99. The van der Waals surface area contributed by atoms with Gasteiger partial charge in [-0.3, -0.25) is 14.4 Å². The second kappa shape index (κ2) is 10.3. The van der Waals surface area contributed by atoms with Crippen molar-refractivity contribution < 1.29 is 27.8 Å². The van der Waals surface area contributed by atoms with Crippen LogP contribution >= 0.6 is 0 Å². The highest BCUT2D eigenvalue weighted by atomic mass is 19.1. The number of pyridine rings is 1. The first-order chi connectivity index (χ1) is 19.7. The van der Waals surface area contributed by atoms with Gasteiger partial charge in [0.1, 0.15) is 29.9 Å². The maximum absolute atomic E-state index is 14.3. The molecule has 1 N–H and O–H groups in total. The third kappa shape index (κ3) is 4.33. The highest BCUT2D eigenvalue weighted by Crippen LogP contribution is 2.46. The Balaban J connectivity index is 1.50. The van der Waals surface area contributed by atoms with Crippen molar-refractivity contribution in [3.05, 3.63) is 111 Å². The molecule has 0 fully saturated rings. The molecule has 3 aliphatic rings. The Morgan fingerprint density at radius 1 is 1.12 bits per heavy atom. The van der Waals surface area contributed by atoms with E-state index in [1.54, 1.807) is 16.6 Å². The van der Waals surface area contributed by atoms with E-state index in [2.05, 4.69) is 5.32 Å². The predicted octanol–water partition coefficient (Wildman–Crippen LogP) is 3.71. The van der Waals surface area contributed by atoms with Gasteiger partial charge in [0, 0.05) is 43.6 Å². The number of carbonyl (C=O) groups excluding carboxylic acids is 2. The molecule has 212 valence electrons. The lowest BCUT2D eigenvalue weighted by Gasteiger charge is -2.46. The van der Waals surface area contributed by atoms with E-state index in [9.17, 15) is 23.2 Å². The van der Waals surface area contributed by atoms with Gasteiger partial charge in [-0.15, -0.1) is 0 Å². The predicted molar refractivity (Wildman–Crippen MR) is 146 cm³/mol. The van der Waals surface area contributed by atoms with Crippen molar-refractivity contribution in [3.63, 3.8) is 0 Å². The first kappa shape index (κ1) is 26.9. The maximum atomic E-state index is 14.3. The zero-order chi connectivity index (χ0) is 28.9. The molecule has 3 aliphatic heterocycles. The molecule has 0 radical (unpaired) electrons. The summed E-state index contributed by atoms with van der Waals surface area (Å²) in [5.41, 5.74) is -0.267. The van der Waals surface area contributed by atoms with Crippen molar-refractivity contribution in [2.24, 2.45) is 0 Å². The number of hydrogen-bond acceptors (Lipinski definition) is 5. The largest absolute Gasteiger partial charge is 0.483 e. The lowest BCUT2D eigenvalue weighted by molar-refractivity contribution is -0.00179. The van der Waals surface area contributed by atoms with Crippen molar-refractivity contribution in [1.82, 2.24) is 14.8 Å². The lowest BCUT2D eigenvalue weighted by atomic mass is 9.87. The summed E-state index contributed by atoms with van der Waals surface area (Å²) in [5.74, 6) is -2.84. The minimum Gasteiger partial charge on any atom is -0.483 e. The molecular formula is C31H29F2N3O5. The third-order valence-corrected chi connectivity index (χ3v) is 8.33. The van der Waals surface area contributed by atoms with E-state index in [1.165, 1.54) is 6.07 Å². The van der Waals surface area contributed by atoms with Crippen LogP contribution in [0.5, 0.6) is 5.75 Å². The van der Waals surface area contributed by atoms with Crippen LogP contribution in [0, 0.1) is 11.6 Å². The molecule has 0 saturated carbocycles. The third-order valence-electron chi connectivity index (χ3n) is 8.33. The fraction of sp³-hybridized carbons (Fsp3) is 0.323. The highest BCUT2D eigenvalue weighted by molar-refractivity contribution is 6.01. The Hall–Kier alpha value is -4.31. The number of hydrogen-bond donors (Lipinski definition) is 1. The molecule has 10 heteroatoms.